The van der Waals surface area contributed by atoms with Crippen LogP contribution in [-0.2, 0) is 10.0 Å². The number of sulfonamides is 1. The number of benzene rings is 1. The van der Waals surface area contributed by atoms with E-state index in [1.54, 1.807) is 32.2 Å². The smallest absolute Gasteiger partial charge is 0.243 e. The number of thiocarbonyl (C=S) groups is 1. The Bertz CT molecular complexity index is 620. The van der Waals surface area contributed by atoms with Crippen molar-refractivity contribution >= 4 is 27.2 Å². The lowest BCUT2D eigenvalue weighted by atomic mass is 10.1. The van der Waals surface area contributed by atoms with E-state index in [0.717, 1.165) is 31.2 Å². The van der Waals surface area contributed by atoms with Crippen molar-refractivity contribution in [2.24, 2.45) is 5.73 Å². The fourth-order valence-electron chi connectivity index (χ4n) is 2.65. The summed E-state index contributed by atoms with van der Waals surface area (Å²) in [6.07, 6.45) is 4.06. The number of aryl methyl sites for hydroxylation is 1. The Labute approximate surface area is 126 Å². The fraction of sp³-hybridized carbons (Fsp3) is 0.500. The topological polar surface area (TPSA) is 63.4 Å². The molecule has 0 spiro atoms. The highest BCUT2D eigenvalue weighted by molar-refractivity contribution is 7.89. The van der Waals surface area contributed by atoms with E-state index in [-0.39, 0.29) is 11.0 Å². The van der Waals surface area contributed by atoms with Crippen LogP contribution in [0.3, 0.4) is 0 Å². The summed E-state index contributed by atoms with van der Waals surface area (Å²) in [7, 11) is -1.83. The van der Waals surface area contributed by atoms with Gasteiger partial charge in [-0.15, -0.1) is 0 Å². The monoisotopic (exact) mass is 312 g/mol. The third kappa shape index (κ3) is 2.87. The summed E-state index contributed by atoms with van der Waals surface area (Å²) < 4.78 is 27.0. The van der Waals surface area contributed by atoms with Crippen molar-refractivity contribution < 1.29 is 8.42 Å². The molecule has 4 nitrogen and oxygen atoms in total. The highest BCUT2D eigenvalue weighted by Crippen LogP contribution is 2.28. The lowest BCUT2D eigenvalue weighted by molar-refractivity contribution is 0.373. The van der Waals surface area contributed by atoms with Gasteiger partial charge in [-0.05, 0) is 31.4 Å². The molecule has 0 amide bonds. The molecule has 0 saturated heterocycles. The Morgan fingerprint density at radius 3 is 2.50 bits per heavy atom. The molecule has 0 unspecified atom stereocenters. The van der Waals surface area contributed by atoms with E-state index in [0.29, 0.717) is 10.5 Å². The van der Waals surface area contributed by atoms with E-state index in [4.69, 9.17) is 18.0 Å². The van der Waals surface area contributed by atoms with Crippen molar-refractivity contribution in [3.8, 4) is 0 Å². The zero-order valence-corrected chi connectivity index (χ0v) is 13.4. The molecule has 1 aromatic carbocycles. The van der Waals surface area contributed by atoms with Crippen LogP contribution in [0.5, 0.6) is 0 Å². The summed E-state index contributed by atoms with van der Waals surface area (Å²) in [5.74, 6) is 0. The maximum Gasteiger partial charge on any atom is 0.243 e. The minimum atomic E-state index is -3.49. The third-order valence-corrected chi connectivity index (χ3v) is 6.26. The normalized spacial score (nSPS) is 16.8. The van der Waals surface area contributed by atoms with Gasteiger partial charge in [0.1, 0.15) is 4.99 Å². The second-order valence-electron chi connectivity index (χ2n) is 5.30. The molecule has 1 fully saturated rings. The van der Waals surface area contributed by atoms with Crippen LogP contribution in [-0.4, -0.2) is 30.8 Å². The zero-order valence-electron chi connectivity index (χ0n) is 11.8. The molecule has 1 saturated carbocycles. The second-order valence-corrected chi connectivity index (χ2v) is 7.71. The number of nitrogens with two attached hydrogens (primary N) is 1. The van der Waals surface area contributed by atoms with Gasteiger partial charge in [0, 0.05) is 18.7 Å². The van der Waals surface area contributed by atoms with Gasteiger partial charge >= 0.3 is 0 Å². The summed E-state index contributed by atoms with van der Waals surface area (Å²) >= 11 is 4.93. The van der Waals surface area contributed by atoms with Crippen LogP contribution in [0.15, 0.2) is 23.1 Å². The number of hydrogen-bond acceptors (Lipinski definition) is 3. The molecule has 0 radical (unpaired) electrons. The lowest BCUT2D eigenvalue weighted by Crippen LogP contribution is -2.35. The summed E-state index contributed by atoms with van der Waals surface area (Å²) in [6, 6.07) is 5.20. The van der Waals surface area contributed by atoms with Gasteiger partial charge in [-0.25, -0.2) is 8.42 Å². The van der Waals surface area contributed by atoms with E-state index in [1.807, 2.05) is 0 Å². The van der Waals surface area contributed by atoms with Crippen molar-refractivity contribution in [3.05, 3.63) is 29.3 Å². The van der Waals surface area contributed by atoms with Crippen molar-refractivity contribution in [3.63, 3.8) is 0 Å². The minimum Gasteiger partial charge on any atom is -0.389 e. The first-order chi connectivity index (χ1) is 9.34. The average molecular weight is 312 g/mol. The molecule has 0 bridgehead atoms. The van der Waals surface area contributed by atoms with Crippen LogP contribution in [0, 0.1) is 6.92 Å². The second kappa shape index (κ2) is 5.79. The SMILES string of the molecule is Cc1ccc(C(N)=S)cc1S(=O)(=O)N(C)C1CCCC1. The van der Waals surface area contributed by atoms with Gasteiger partial charge in [0.2, 0.25) is 10.0 Å². The number of nitrogens with zero attached hydrogens (tertiary/aromatic N) is 1. The Hall–Kier alpha value is -0.980. The quantitative estimate of drug-likeness (QED) is 0.866. The average Bonchev–Trinajstić information content (AvgIpc) is 2.91. The van der Waals surface area contributed by atoms with Crippen molar-refractivity contribution in [2.45, 2.75) is 43.5 Å². The predicted molar refractivity (Wildman–Crippen MR) is 84.3 cm³/mol. The summed E-state index contributed by atoms with van der Waals surface area (Å²) in [5.41, 5.74) is 6.90. The van der Waals surface area contributed by atoms with Gasteiger partial charge in [-0.2, -0.15) is 4.31 Å². The molecule has 2 N–H and O–H groups in total. The van der Waals surface area contributed by atoms with E-state index in [9.17, 15) is 8.42 Å². The standard InChI is InChI=1S/C14H20N2O2S2/c1-10-7-8-11(14(15)19)9-13(10)20(17,18)16(2)12-5-3-4-6-12/h7-9,12H,3-6H2,1-2H3,(H2,15,19). The largest absolute Gasteiger partial charge is 0.389 e. The first-order valence-corrected chi connectivity index (χ1v) is 8.57. The van der Waals surface area contributed by atoms with E-state index >= 15 is 0 Å². The van der Waals surface area contributed by atoms with Crippen molar-refractivity contribution in [2.75, 3.05) is 7.05 Å². The third-order valence-electron chi connectivity index (χ3n) is 3.97. The molecule has 1 aliphatic carbocycles. The molecular weight excluding hydrogens is 292 g/mol. The molecule has 20 heavy (non-hydrogen) atoms. The Morgan fingerprint density at radius 1 is 1.35 bits per heavy atom. The Kier molecular flexibility index (Phi) is 4.46. The maximum atomic E-state index is 12.8. The van der Waals surface area contributed by atoms with Crippen LogP contribution < -0.4 is 5.73 Å². The molecule has 110 valence electrons. The van der Waals surface area contributed by atoms with Crippen LogP contribution in [0.25, 0.3) is 0 Å². The zero-order chi connectivity index (χ0) is 14.9. The van der Waals surface area contributed by atoms with E-state index in [1.165, 1.54) is 4.31 Å². The van der Waals surface area contributed by atoms with Crippen LogP contribution in [0.1, 0.15) is 36.8 Å². The maximum absolute atomic E-state index is 12.8. The molecule has 6 heteroatoms. The van der Waals surface area contributed by atoms with Crippen LogP contribution >= 0.6 is 12.2 Å². The van der Waals surface area contributed by atoms with Gasteiger partial charge in [-0.3, -0.25) is 0 Å². The molecule has 0 atom stereocenters. The first-order valence-electron chi connectivity index (χ1n) is 6.72. The number of rotatable bonds is 4. The predicted octanol–water partition coefficient (Wildman–Crippen LogP) is 2.19. The first kappa shape index (κ1) is 15.4. The van der Waals surface area contributed by atoms with Crippen molar-refractivity contribution in [1.29, 1.82) is 0 Å². The van der Waals surface area contributed by atoms with Gasteiger partial charge in [0.15, 0.2) is 0 Å². The van der Waals surface area contributed by atoms with Gasteiger partial charge in [0.05, 0.1) is 4.90 Å². The Balaban J connectivity index is 2.42. The highest BCUT2D eigenvalue weighted by atomic mass is 32.2. The Morgan fingerprint density at radius 2 is 1.95 bits per heavy atom. The van der Waals surface area contributed by atoms with Gasteiger partial charge in [0.25, 0.3) is 0 Å². The molecule has 0 heterocycles. The van der Waals surface area contributed by atoms with E-state index in [2.05, 4.69) is 0 Å². The summed E-state index contributed by atoms with van der Waals surface area (Å²) in [4.78, 5) is 0.516. The summed E-state index contributed by atoms with van der Waals surface area (Å²) in [5, 5.41) is 0. The summed E-state index contributed by atoms with van der Waals surface area (Å²) in [6.45, 7) is 1.79. The molecular formula is C14H20N2O2S2. The van der Waals surface area contributed by atoms with Crippen LogP contribution in [0.2, 0.25) is 0 Å². The van der Waals surface area contributed by atoms with Gasteiger partial charge in [-0.1, -0.05) is 37.2 Å². The lowest BCUT2D eigenvalue weighted by Gasteiger charge is -2.24. The van der Waals surface area contributed by atoms with Crippen LogP contribution in [0.4, 0.5) is 0 Å². The molecule has 2 rings (SSSR count). The molecule has 1 aromatic rings. The number of hydrogen-bond donors (Lipinski definition) is 1. The molecule has 0 aliphatic heterocycles. The van der Waals surface area contributed by atoms with E-state index < -0.39 is 10.0 Å². The molecule has 0 aromatic heterocycles. The highest BCUT2D eigenvalue weighted by Gasteiger charge is 2.31. The van der Waals surface area contributed by atoms with Gasteiger partial charge < -0.3 is 5.73 Å². The minimum absolute atomic E-state index is 0.105. The molecule has 1 aliphatic rings. The fourth-order valence-corrected chi connectivity index (χ4v) is 4.44. The van der Waals surface area contributed by atoms with Crippen molar-refractivity contribution in [1.82, 2.24) is 4.31 Å².